The number of carbonyl (C=O) groups is 1. The van der Waals surface area contributed by atoms with Crippen molar-refractivity contribution in [2.24, 2.45) is 5.92 Å². The van der Waals surface area contributed by atoms with E-state index in [4.69, 9.17) is 9.15 Å². The summed E-state index contributed by atoms with van der Waals surface area (Å²) in [5.41, 5.74) is 1.96. The summed E-state index contributed by atoms with van der Waals surface area (Å²) in [6, 6.07) is 8.49. The molecule has 144 valence electrons. The van der Waals surface area contributed by atoms with Gasteiger partial charge < -0.3 is 14.1 Å². The summed E-state index contributed by atoms with van der Waals surface area (Å²) in [6.07, 6.45) is 2.24. The minimum Gasteiger partial charge on any atom is -0.497 e. The molecule has 0 spiro atoms. The molecule has 0 saturated carbocycles. The summed E-state index contributed by atoms with van der Waals surface area (Å²) in [7, 11) is 1.69. The predicted molar refractivity (Wildman–Crippen MR) is 102 cm³/mol. The zero-order valence-electron chi connectivity index (χ0n) is 16.3. The van der Waals surface area contributed by atoms with E-state index in [2.05, 4.69) is 22.0 Å². The molecular formula is C21H27N3O3. The molecule has 2 aromatic rings. The van der Waals surface area contributed by atoms with E-state index in [-0.39, 0.29) is 11.9 Å². The third kappa shape index (κ3) is 3.72. The van der Waals surface area contributed by atoms with Gasteiger partial charge in [0.25, 0.3) is 5.91 Å². The summed E-state index contributed by atoms with van der Waals surface area (Å²) in [5, 5.41) is 0. The summed E-state index contributed by atoms with van der Waals surface area (Å²) in [5.74, 6) is 2.34. The van der Waals surface area contributed by atoms with Crippen LogP contribution in [0, 0.1) is 19.8 Å². The highest BCUT2D eigenvalue weighted by atomic mass is 16.5. The highest BCUT2D eigenvalue weighted by molar-refractivity contribution is 5.92. The number of aromatic nitrogens is 1. The van der Waals surface area contributed by atoms with Crippen molar-refractivity contribution in [2.75, 3.05) is 26.7 Å². The first kappa shape index (κ1) is 18.0. The molecule has 5 rings (SSSR count). The van der Waals surface area contributed by atoms with Crippen LogP contribution in [0.5, 0.6) is 5.75 Å². The lowest BCUT2D eigenvalue weighted by Gasteiger charge is -2.35. The van der Waals surface area contributed by atoms with Gasteiger partial charge in [-0.15, -0.1) is 0 Å². The topological polar surface area (TPSA) is 58.8 Å². The second kappa shape index (κ2) is 7.35. The van der Waals surface area contributed by atoms with Crippen LogP contribution in [-0.2, 0) is 6.54 Å². The zero-order chi connectivity index (χ0) is 19.0. The summed E-state index contributed by atoms with van der Waals surface area (Å²) < 4.78 is 10.8. The monoisotopic (exact) mass is 369 g/mol. The normalized spacial score (nSPS) is 22.7. The van der Waals surface area contributed by atoms with E-state index in [1.54, 1.807) is 14.0 Å². The number of aryl methyl sites for hydroxylation is 2. The molecule has 2 bridgehead atoms. The Morgan fingerprint density at radius 2 is 1.96 bits per heavy atom. The minimum atomic E-state index is -0.00547. The Labute approximate surface area is 160 Å². The van der Waals surface area contributed by atoms with E-state index < -0.39 is 0 Å². The van der Waals surface area contributed by atoms with E-state index in [9.17, 15) is 4.79 Å². The van der Waals surface area contributed by atoms with Crippen LogP contribution in [0.3, 0.4) is 0 Å². The Balaban J connectivity index is 1.48. The van der Waals surface area contributed by atoms with Gasteiger partial charge in [-0.05, 0) is 43.4 Å². The van der Waals surface area contributed by atoms with Crippen molar-refractivity contribution in [1.82, 2.24) is 14.8 Å². The standard InChI is InChI=1S/C21H27N3O3/c1-14-20(27-15(2)22-14)21(25)24-12-17-4-7-18(24)13-23(11-17)10-16-5-8-19(26-3)9-6-16/h5-6,8-9,17-18H,4,7,10-13H2,1-3H3/t17-,18+/m1/s1. The van der Waals surface area contributed by atoms with Crippen molar-refractivity contribution in [3.8, 4) is 5.75 Å². The second-order valence-corrected chi connectivity index (χ2v) is 7.74. The smallest absolute Gasteiger partial charge is 0.291 e. The minimum absolute atomic E-state index is 0.00547. The molecule has 3 aliphatic rings. The maximum atomic E-state index is 13.1. The average molecular weight is 369 g/mol. The van der Waals surface area contributed by atoms with Crippen molar-refractivity contribution in [2.45, 2.75) is 39.3 Å². The van der Waals surface area contributed by atoms with E-state index in [0.29, 0.717) is 23.3 Å². The van der Waals surface area contributed by atoms with Gasteiger partial charge in [-0.25, -0.2) is 4.98 Å². The van der Waals surface area contributed by atoms with Crippen molar-refractivity contribution >= 4 is 5.91 Å². The van der Waals surface area contributed by atoms with Crippen molar-refractivity contribution < 1.29 is 13.9 Å². The van der Waals surface area contributed by atoms with E-state index in [1.165, 1.54) is 12.0 Å². The van der Waals surface area contributed by atoms with Crippen LogP contribution in [-0.4, -0.2) is 53.5 Å². The lowest BCUT2D eigenvalue weighted by molar-refractivity contribution is 0.0550. The van der Waals surface area contributed by atoms with Gasteiger partial charge in [0, 0.05) is 39.1 Å². The number of fused-ring (bicyclic) bond motifs is 4. The zero-order valence-corrected chi connectivity index (χ0v) is 16.3. The average Bonchev–Trinajstić information content (AvgIpc) is 2.83. The molecule has 0 aliphatic carbocycles. The molecule has 0 radical (unpaired) electrons. The van der Waals surface area contributed by atoms with Gasteiger partial charge in [0.15, 0.2) is 5.89 Å². The van der Waals surface area contributed by atoms with Gasteiger partial charge in [0.2, 0.25) is 5.76 Å². The van der Waals surface area contributed by atoms with Crippen molar-refractivity contribution in [1.29, 1.82) is 0 Å². The molecule has 1 aromatic carbocycles. The number of nitrogens with zero attached hydrogens (tertiary/aromatic N) is 3. The quantitative estimate of drug-likeness (QED) is 0.829. The first-order valence-corrected chi connectivity index (χ1v) is 9.63. The number of hydrogen-bond acceptors (Lipinski definition) is 5. The lowest BCUT2D eigenvalue weighted by Crippen LogP contribution is -2.47. The maximum Gasteiger partial charge on any atom is 0.291 e. The highest BCUT2D eigenvalue weighted by Crippen LogP contribution is 2.30. The van der Waals surface area contributed by atoms with Crippen LogP contribution in [0.25, 0.3) is 0 Å². The fourth-order valence-electron chi connectivity index (χ4n) is 4.41. The first-order valence-electron chi connectivity index (χ1n) is 9.63. The first-order chi connectivity index (χ1) is 13.0. The molecule has 3 saturated heterocycles. The molecule has 2 atom stereocenters. The maximum absolute atomic E-state index is 13.1. The van der Waals surface area contributed by atoms with Crippen molar-refractivity contribution in [3.05, 3.63) is 47.2 Å². The predicted octanol–water partition coefficient (Wildman–Crippen LogP) is 3.04. The van der Waals surface area contributed by atoms with Gasteiger partial charge >= 0.3 is 0 Å². The molecule has 0 unspecified atom stereocenters. The number of oxazole rings is 1. The number of amides is 1. The van der Waals surface area contributed by atoms with Gasteiger partial charge in [-0.3, -0.25) is 9.69 Å². The fraction of sp³-hybridized carbons (Fsp3) is 0.524. The lowest BCUT2D eigenvalue weighted by atomic mass is 9.94. The SMILES string of the molecule is COc1ccc(CN2C[C@H]3CC[C@@H](C2)N(C(=O)c2oc(C)nc2C)C3)cc1. The number of ether oxygens (including phenoxy) is 1. The second-order valence-electron chi connectivity index (χ2n) is 7.74. The molecule has 4 heterocycles. The van der Waals surface area contributed by atoms with Crippen LogP contribution in [0.2, 0.25) is 0 Å². The van der Waals surface area contributed by atoms with Crippen LogP contribution in [0.15, 0.2) is 28.7 Å². The Hall–Kier alpha value is -2.34. The molecule has 1 aromatic heterocycles. The number of hydrogen-bond donors (Lipinski definition) is 0. The van der Waals surface area contributed by atoms with Gasteiger partial charge in [0.1, 0.15) is 5.75 Å². The summed E-state index contributed by atoms with van der Waals surface area (Å²) in [4.78, 5) is 21.8. The number of benzene rings is 1. The van der Waals surface area contributed by atoms with Gasteiger partial charge in [-0.1, -0.05) is 12.1 Å². The number of rotatable bonds is 4. The molecular weight excluding hydrogens is 342 g/mol. The third-order valence-electron chi connectivity index (χ3n) is 5.71. The number of methoxy groups -OCH3 is 1. The molecule has 0 N–H and O–H groups in total. The van der Waals surface area contributed by atoms with Crippen LogP contribution < -0.4 is 4.74 Å². The van der Waals surface area contributed by atoms with E-state index in [1.807, 2.05) is 24.0 Å². The Morgan fingerprint density at radius 3 is 2.63 bits per heavy atom. The third-order valence-corrected chi connectivity index (χ3v) is 5.71. The van der Waals surface area contributed by atoms with Crippen LogP contribution in [0.1, 0.15) is 40.5 Å². The van der Waals surface area contributed by atoms with Gasteiger partial charge in [0.05, 0.1) is 12.8 Å². The number of carbonyl (C=O) groups excluding carboxylic acids is 1. The summed E-state index contributed by atoms with van der Waals surface area (Å²) >= 11 is 0. The molecule has 6 heteroatoms. The Kier molecular flexibility index (Phi) is 4.91. The fourth-order valence-corrected chi connectivity index (χ4v) is 4.41. The molecule has 27 heavy (non-hydrogen) atoms. The number of piperidine rings is 1. The van der Waals surface area contributed by atoms with E-state index in [0.717, 1.165) is 38.3 Å². The van der Waals surface area contributed by atoms with Crippen LogP contribution >= 0.6 is 0 Å². The highest BCUT2D eigenvalue weighted by Gasteiger charge is 2.38. The van der Waals surface area contributed by atoms with Crippen LogP contribution in [0.4, 0.5) is 0 Å². The molecule has 3 fully saturated rings. The Bertz CT molecular complexity index is 815. The van der Waals surface area contributed by atoms with Crippen molar-refractivity contribution in [3.63, 3.8) is 0 Å². The summed E-state index contributed by atoms with van der Waals surface area (Å²) in [6.45, 7) is 7.27. The molecule has 6 nitrogen and oxygen atoms in total. The molecule has 3 aliphatic heterocycles. The van der Waals surface area contributed by atoms with Gasteiger partial charge in [-0.2, -0.15) is 0 Å². The van der Waals surface area contributed by atoms with E-state index >= 15 is 0 Å². The molecule has 1 amide bonds. The Morgan fingerprint density at radius 1 is 1.19 bits per heavy atom. The largest absolute Gasteiger partial charge is 0.497 e.